The zero-order valence-electron chi connectivity index (χ0n) is 24.8. The number of pyridine rings is 1. The highest BCUT2D eigenvalue weighted by atomic mass is 79.9. The van der Waals surface area contributed by atoms with Crippen molar-refractivity contribution in [1.29, 1.82) is 0 Å². The molecule has 3 aromatic heterocycles. The van der Waals surface area contributed by atoms with Crippen molar-refractivity contribution in [2.45, 2.75) is 66.1 Å². The van der Waals surface area contributed by atoms with Gasteiger partial charge in [-0.1, -0.05) is 6.92 Å². The van der Waals surface area contributed by atoms with E-state index in [0.717, 1.165) is 22.2 Å². The lowest BCUT2D eigenvalue weighted by Crippen LogP contribution is -2.46. The van der Waals surface area contributed by atoms with Crippen LogP contribution in [0.15, 0.2) is 41.4 Å². The fourth-order valence-electron chi connectivity index (χ4n) is 5.98. The van der Waals surface area contributed by atoms with Crippen molar-refractivity contribution in [2.24, 2.45) is 5.41 Å². The minimum Gasteiger partial charge on any atom is -0.337 e. The Balaban J connectivity index is 1.34. The number of aromatic nitrogens is 4. The predicted molar refractivity (Wildman–Crippen MR) is 159 cm³/mol. The van der Waals surface area contributed by atoms with Crippen molar-refractivity contribution < 1.29 is 20.1 Å². The summed E-state index contributed by atoms with van der Waals surface area (Å²) in [5.41, 5.74) is 3.37. The third-order valence-electron chi connectivity index (χ3n) is 8.35. The van der Waals surface area contributed by atoms with E-state index >= 15 is 0 Å². The highest BCUT2D eigenvalue weighted by Gasteiger charge is 2.64. The summed E-state index contributed by atoms with van der Waals surface area (Å²) in [5.74, 6) is -0.912. The van der Waals surface area contributed by atoms with E-state index in [2.05, 4.69) is 36.2 Å². The monoisotopic (exact) mass is 633 g/mol. The van der Waals surface area contributed by atoms with Crippen LogP contribution in [-0.2, 0) is 16.1 Å². The quantitative estimate of drug-likeness (QED) is 0.220. The Morgan fingerprint density at radius 2 is 1.88 bits per heavy atom. The second-order valence-electron chi connectivity index (χ2n) is 11.5. The molecule has 0 spiro atoms. The number of benzene rings is 1. The van der Waals surface area contributed by atoms with E-state index in [1.54, 1.807) is 23.2 Å². The van der Waals surface area contributed by atoms with Gasteiger partial charge in [-0.2, -0.15) is 0 Å². The van der Waals surface area contributed by atoms with Crippen molar-refractivity contribution in [1.82, 2.24) is 24.4 Å². The lowest BCUT2D eigenvalue weighted by atomic mass is 10.0. The Morgan fingerprint density at radius 3 is 2.57 bits per heavy atom. The van der Waals surface area contributed by atoms with Crippen molar-refractivity contribution in [3.05, 3.63) is 69.7 Å². The number of Topliss-reactive ketones (excluding diaryl/α,β-unsaturated/α-hetero) is 1. The van der Waals surface area contributed by atoms with E-state index in [0.29, 0.717) is 23.2 Å². The van der Waals surface area contributed by atoms with Gasteiger partial charge in [-0.15, -0.1) is 0 Å². The Morgan fingerprint density at radius 1 is 1.17 bits per heavy atom. The maximum absolute atomic E-state index is 14.3. The van der Waals surface area contributed by atoms with Crippen LogP contribution in [0.1, 0.15) is 55.3 Å². The standard InChI is InChI=1S/C31H30BrFN6O3/c1-15-6-19(20-11-34-18(4)35-12-20)7-21-22(17(3)40)13-38(28(15)21)14-27(41)39-24(9-31(5)10-25(31)39)30(42)37-29-16(2)23(33)8-26(32)36-29/h6-8,11-13,24-25H,9-10,14H2,1-5H3,(H,36,37,42)/t24-,25+,31-/m0/s1/i9D/t9?,24-,25+,31-. The van der Waals surface area contributed by atoms with E-state index < -0.39 is 29.6 Å². The molecule has 0 radical (unpaired) electrons. The van der Waals surface area contributed by atoms with Crippen LogP contribution in [0.25, 0.3) is 22.0 Å². The Labute approximate surface area is 252 Å². The van der Waals surface area contributed by atoms with Gasteiger partial charge in [0.1, 0.15) is 34.6 Å². The lowest BCUT2D eigenvalue weighted by Gasteiger charge is -2.27. The molecule has 2 aliphatic rings. The van der Waals surface area contributed by atoms with Crippen molar-refractivity contribution in [2.75, 3.05) is 5.32 Å². The molecular weight excluding hydrogens is 603 g/mol. The average molecular weight is 635 g/mol. The molecule has 0 bridgehead atoms. The van der Waals surface area contributed by atoms with Crippen LogP contribution in [-0.4, -0.2) is 54.1 Å². The summed E-state index contributed by atoms with van der Waals surface area (Å²) < 4.78 is 25.2. The number of carbonyl (C=O) groups excluding carboxylic acids is 3. The van der Waals surface area contributed by atoms with Crippen molar-refractivity contribution in [3.63, 3.8) is 0 Å². The zero-order valence-corrected chi connectivity index (χ0v) is 25.4. The Bertz CT molecular complexity index is 1840. The number of hydrogen-bond donors (Lipinski definition) is 1. The normalized spacial score (nSPS) is 23.1. The first-order chi connectivity index (χ1) is 20.3. The van der Waals surface area contributed by atoms with Crippen molar-refractivity contribution >= 4 is 50.2 Å². The second-order valence-corrected chi connectivity index (χ2v) is 12.3. The third kappa shape index (κ3) is 4.79. The molecule has 11 heteroatoms. The molecule has 1 N–H and O–H groups in total. The van der Waals surface area contributed by atoms with E-state index in [1.807, 2.05) is 32.9 Å². The summed E-state index contributed by atoms with van der Waals surface area (Å²) in [4.78, 5) is 54.5. The number of nitrogens with zero attached hydrogens (tertiary/aromatic N) is 5. The van der Waals surface area contributed by atoms with Crippen LogP contribution in [0.2, 0.25) is 0 Å². The number of anilines is 1. The molecule has 9 nitrogen and oxygen atoms in total. The number of piperidine rings is 1. The van der Waals surface area contributed by atoms with Gasteiger partial charge in [0.05, 0.1) is 5.52 Å². The molecule has 2 fully saturated rings. The van der Waals surface area contributed by atoms with Gasteiger partial charge in [0.15, 0.2) is 5.78 Å². The first-order valence-corrected chi connectivity index (χ1v) is 14.4. The van der Waals surface area contributed by atoms with Crippen LogP contribution in [0.5, 0.6) is 0 Å². The molecule has 1 saturated heterocycles. The summed E-state index contributed by atoms with van der Waals surface area (Å²) in [6.07, 6.45) is 4.90. The summed E-state index contributed by atoms with van der Waals surface area (Å²) >= 11 is 3.15. The number of ketones is 1. The number of aryl methyl sites for hydroxylation is 2. The van der Waals surface area contributed by atoms with E-state index in [1.165, 1.54) is 24.8 Å². The van der Waals surface area contributed by atoms with Crippen LogP contribution < -0.4 is 5.32 Å². The summed E-state index contributed by atoms with van der Waals surface area (Å²) in [6, 6.07) is 3.73. The summed E-state index contributed by atoms with van der Waals surface area (Å²) in [6.45, 7) is 8.50. The smallest absolute Gasteiger partial charge is 0.248 e. The molecule has 2 amide bonds. The summed E-state index contributed by atoms with van der Waals surface area (Å²) in [5, 5.41) is 3.37. The minimum absolute atomic E-state index is 0.0371. The number of nitrogens with one attached hydrogen (secondary N) is 1. The number of rotatable bonds is 6. The number of amides is 2. The van der Waals surface area contributed by atoms with Crippen LogP contribution in [0, 0.1) is 32.0 Å². The van der Waals surface area contributed by atoms with Gasteiger partial charge >= 0.3 is 0 Å². The Kier molecular flexibility index (Phi) is 6.45. The maximum atomic E-state index is 14.3. The fraction of sp³-hybridized carbons (Fsp3) is 0.355. The molecule has 4 atom stereocenters. The molecule has 1 saturated carbocycles. The maximum Gasteiger partial charge on any atom is 0.248 e. The zero-order chi connectivity index (χ0) is 31.0. The van der Waals surface area contributed by atoms with E-state index in [9.17, 15) is 18.8 Å². The molecule has 42 heavy (non-hydrogen) atoms. The molecule has 1 aliphatic heterocycles. The van der Waals surface area contributed by atoms with Gasteiger partial charge in [-0.25, -0.2) is 19.3 Å². The van der Waals surface area contributed by atoms with Crippen LogP contribution >= 0.6 is 15.9 Å². The minimum atomic E-state index is -1.08. The molecule has 4 aromatic rings. The highest BCUT2D eigenvalue weighted by Crippen LogP contribution is 2.59. The van der Waals surface area contributed by atoms with Gasteiger partial charge in [0.2, 0.25) is 11.8 Å². The van der Waals surface area contributed by atoms with Gasteiger partial charge in [-0.05, 0) is 85.1 Å². The molecule has 1 aromatic carbocycles. The molecule has 6 rings (SSSR count). The molecule has 4 heterocycles. The van der Waals surface area contributed by atoms with E-state index in [-0.39, 0.29) is 40.3 Å². The Hall–Kier alpha value is -3.99. The third-order valence-corrected chi connectivity index (χ3v) is 8.75. The van der Waals surface area contributed by atoms with Gasteiger partial charge in [-0.3, -0.25) is 14.4 Å². The van der Waals surface area contributed by atoms with Crippen LogP contribution in [0.4, 0.5) is 10.2 Å². The van der Waals surface area contributed by atoms with Gasteiger partial charge in [0, 0.05) is 54.1 Å². The number of likely N-dealkylation sites (tertiary alicyclic amines) is 1. The van der Waals surface area contributed by atoms with Gasteiger partial charge < -0.3 is 14.8 Å². The largest absolute Gasteiger partial charge is 0.337 e. The SMILES string of the molecule is [2H]C1[C@@H](C(=O)Nc2nc(Br)cc(F)c2C)N(C(=O)Cn2cc(C(C)=O)c3cc(-c4cnc(C)nc4)cc(C)c32)[C@@H]2C[C@]12C. The first-order valence-electron chi connectivity index (χ1n) is 14.2. The van der Waals surface area contributed by atoms with Crippen molar-refractivity contribution in [3.8, 4) is 11.1 Å². The van der Waals surface area contributed by atoms with Crippen LogP contribution in [0.3, 0.4) is 0 Å². The van der Waals surface area contributed by atoms with Gasteiger partial charge in [0.25, 0.3) is 0 Å². The lowest BCUT2D eigenvalue weighted by molar-refractivity contribution is -0.138. The molecular formula is C31H30BrFN6O3. The topological polar surface area (TPSA) is 110 Å². The predicted octanol–water partition coefficient (Wildman–Crippen LogP) is 5.54. The first kappa shape index (κ1) is 26.9. The molecule has 1 aliphatic carbocycles. The fourth-order valence-corrected chi connectivity index (χ4v) is 6.36. The average Bonchev–Trinajstić information content (AvgIpc) is 3.39. The number of halogens is 2. The molecule has 1 unspecified atom stereocenters. The number of hydrogen-bond acceptors (Lipinski definition) is 6. The number of carbonyl (C=O) groups is 3. The summed E-state index contributed by atoms with van der Waals surface area (Å²) in [7, 11) is 0. The number of fused-ring (bicyclic) bond motifs is 2. The molecule has 216 valence electrons. The second kappa shape index (κ2) is 10.1. The highest BCUT2D eigenvalue weighted by molar-refractivity contribution is 9.10. The van der Waals surface area contributed by atoms with E-state index in [4.69, 9.17) is 1.37 Å².